The first-order valence-corrected chi connectivity index (χ1v) is 9.50. The third-order valence-electron chi connectivity index (χ3n) is 4.41. The van der Waals surface area contributed by atoms with Gasteiger partial charge < -0.3 is 9.64 Å². The summed E-state index contributed by atoms with van der Waals surface area (Å²) < 4.78 is 18.2. The zero-order chi connectivity index (χ0) is 18.7. The highest BCUT2D eigenvalue weighted by Gasteiger charge is 2.31. The minimum atomic E-state index is -0.309. The first-order chi connectivity index (χ1) is 12.5. The van der Waals surface area contributed by atoms with E-state index in [4.69, 9.17) is 4.74 Å². The van der Waals surface area contributed by atoms with E-state index in [9.17, 15) is 14.0 Å². The molecule has 2 heterocycles. The van der Waals surface area contributed by atoms with Gasteiger partial charge in [-0.1, -0.05) is 0 Å². The lowest BCUT2D eigenvalue weighted by Gasteiger charge is -2.31. The summed E-state index contributed by atoms with van der Waals surface area (Å²) in [6, 6.07) is 6.06. The number of hydrogen-bond donors (Lipinski definition) is 0. The predicted octanol–water partition coefficient (Wildman–Crippen LogP) is 3.67. The Morgan fingerprint density at radius 1 is 1.35 bits per heavy atom. The van der Waals surface area contributed by atoms with Crippen LogP contribution >= 0.6 is 11.3 Å². The molecule has 0 spiro atoms. The number of esters is 1. The van der Waals surface area contributed by atoms with Crippen LogP contribution in [0, 0.1) is 18.7 Å². The number of hydrogen-bond acceptors (Lipinski definition) is 5. The molecule has 1 aromatic carbocycles. The van der Waals surface area contributed by atoms with E-state index in [2.05, 4.69) is 4.98 Å². The number of thiazole rings is 1. The van der Waals surface area contributed by atoms with Crippen molar-refractivity contribution in [1.29, 1.82) is 0 Å². The SMILES string of the molecule is CCOC(=O)C1CCCN(C(=O)c2sc(-c3ccc(F)cc3)nc2C)C1. The first kappa shape index (κ1) is 18.5. The molecule has 1 aromatic heterocycles. The maximum atomic E-state index is 13.1. The topological polar surface area (TPSA) is 59.5 Å². The van der Waals surface area contributed by atoms with E-state index < -0.39 is 0 Å². The van der Waals surface area contributed by atoms with Crippen LogP contribution in [0.5, 0.6) is 0 Å². The number of halogens is 1. The lowest BCUT2D eigenvalue weighted by molar-refractivity contribution is -0.149. The number of rotatable bonds is 4. The summed E-state index contributed by atoms with van der Waals surface area (Å²) in [4.78, 5) is 31.7. The summed E-state index contributed by atoms with van der Waals surface area (Å²) in [7, 11) is 0. The molecule has 0 aliphatic carbocycles. The molecule has 0 radical (unpaired) electrons. The fourth-order valence-corrected chi connectivity index (χ4v) is 4.11. The van der Waals surface area contributed by atoms with Gasteiger partial charge in [0, 0.05) is 18.7 Å². The summed E-state index contributed by atoms with van der Waals surface area (Å²) in [5, 5.41) is 0.685. The predicted molar refractivity (Wildman–Crippen MR) is 97.5 cm³/mol. The van der Waals surface area contributed by atoms with Crippen molar-refractivity contribution in [3.8, 4) is 10.6 Å². The molecule has 5 nitrogen and oxygen atoms in total. The molecule has 1 unspecified atom stereocenters. The van der Waals surface area contributed by atoms with Crippen LogP contribution in [0.2, 0.25) is 0 Å². The fourth-order valence-electron chi connectivity index (χ4n) is 3.07. The summed E-state index contributed by atoms with van der Waals surface area (Å²) >= 11 is 1.30. The first-order valence-electron chi connectivity index (χ1n) is 8.69. The Labute approximate surface area is 155 Å². The average Bonchev–Trinajstić information content (AvgIpc) is 3.03. The van der Waals surface area contributed by atoms with Crippen molar-refractivity contribution in [3.05, 3.63) is 40.7 Å². The highest BCUT2D eigenvalue weighted by Crippen LogP contribution is 2.30. The molecule has 1 aliphatic rings. The fraction of sp³-hybridized carbons (Fsp3) is 0.421. The van der Waals surface area contributed by atoms with Crippen LogP contribution in [-0.4, -0.2) is 41.5 Å². The number of ether oxygens (including phenoxy) is 1. The molecular weight excluding hydrogens is 355 g/mol. The number of carbonyl (C=O) groups excluding carboxylic acids is 2. The second-order valence-corrected chi connectivity index (χ2v) is 7.28. The second-order valence-electron chi connectivity index (χ2n) is 6.28. The van der Waals surface area contributed by atoms with Gasteiger partial charge in [-0.3, -0.25) is 9.59 Å². The van der Waals surface area contributed by atoms with Crippen LogP contribution in [0.25, 0.3) is 10.6 Å². The highest BCUT2D eigenvalue weighted by molar-refractivity contribution is 7.17. The Morgan fingerprint density at radius 3 is 2.77 bits per heavy atom. The van der Waals surface area contributed by atoms with E-state index in [0.29, 0.717) is 35.3 Å². The molecule has 0 N–H and O–H groups in total. The van der Waals surface area contributed by atoms with E-state index in [1.807, 2.05) is 0 Å². The van der Waals surface area contributed by atoms with E-state index in [0.717, 1.165) is 18.4 Å². The van der Waals surface area contributed by atoms with Gasteiger partial charge >= 0.3 is 5.97 Å². The molecule has 26 heavy (non-hydrogen) atoms. The summed E-state index contributed by atoms with van der Waals surface area (Å²) in [6.45, 7) is 4.92. The van der Waals surface area contributed by atoms with Crippen molar-refractivity contribution in [2.75, 3.05) is 19.7 Å². The van der Waals surface area contributed by atoms with Gasteiger partial charge in [-0.05, 0) is 51.0 Å². The lowest BCUT2D eigenvalue weighted by atomic mass is 9.98. The van der Waals surface area contributed by atoms with Gasteiger partial charge in [-0.25, -0.2) is 9.37 Å². The van der Waals surface area contributed by atoms with E-state index >= 15 is 0 Å². The summed E-state index contributed by atoms with van der Waals surface area (Å²) in [6.07, 6.45) is 1.52. The maximum Gasteiger partial charge on any atom is 0.310 e. The molecule has 1 saturated heterocycles. The lowest BCUT2D eigenvalue weighted by Crippen LogP contribution is -2.42. The van der Waals surface area contributed by atoms with Gasteiger partial charge in [0.25, 0.3) is 5.91 Å². The minimum Gasteiger partial charge on any atom is -0.466 e. The maximum absolute atomic E-state index is 13.1. The van der Waals surface area contributed by atoms with Crippen molar-refractivity contribution in [2.45, 2.75) is 26.7 Å². The van der Waals surface area contributed by atoms with Gasteiger partial charge in [-0.2, -0.15) is 0 Å². The molecule has 1 atom stereocenters. The second kappa shape index (κ2) is 7.95. The van der Waals surface area contributed by atoms with Crippen molar-refractivity contribution < 1.29 is 18.7 Å². The van der Waals surface area contributed by atoms with Crippen LogP contribution < -0.4 is 0 Å². The number of benzene rings is 1. The molecule has 3 rings (SSSR count). The van der Waals surface area contributed by atoms with Crippen LogP contribution in [-0.2, 0) is 9.53 Å². The van der Waals surface area contributed by atoms with Gasteiger partial charge in [-0.15, -0.1) is 11.3 Å². The molecule has 2 aromatic rings. The molecule has 1 fully saturated rings. The number of aromatic nitrogens is 1. The smallest absolute Gasteiger partial charge is 0.310 e. The Kier molecular flexibility index (Phi) is 5.66. The van der Waals surface area contributed by atoms with E-state index in [1.54, 1.807) is 30.9 Å². The largest absolute Gasteiger partial charge is 0.466 e. The minimum absolute atomic E-state index is 0.109. The third kappa shape index (κ3) is 3.93. The van der Waals surface area contributed by atoms with Crippen molar-refractivity contribution in [1.82, 2.24) is 9.88 Å². The van der Waals surface area contributed by atoms with Crippen molar-refractivity contribution in [3.63, 3.8) is 0 Å². The van der Waals surface area contributed by atoms with E-state index in [1.165, 1.54) is 23.5 Å². The van der Waals surface area contributed by atoms with Gasteiger partial charge in [0.15, 0.2) is 0 Å². The number of likely N-dealkylation sites (tertiary alicyclic amines) is 1. The number of carbonyl (C=O) groups is 2. The number of amides is 1. The average molecular weight is 376 g/mol. The molecule has 1 amide bonds. The van der Waals surface area contributed by atoms with Crippen LogP contribution in [0.4, 0.5) is 4.39 Å². The summed E-state index contributed by atoms with van der Waals surface area (Å²) in [5.74, 6) is -0.922. The monoisotopic (exact) mass is 376 g/mol. The van der Waals surface area contributed by atoms with Crippen LogP contribution in [0.15, 0.2) is 24.3 Å². The van der Waals surface area contributed by atoms with Crippen LogP contribution in [0.1, 0.15) is 35.1 Å². The molecular formula is C19H21FN2O3S. The van der Waals surface area contributed by atoms with Gasteiger partial charge in [0.1, 0.15) is 15.7 Å². The standard InChI is InChI=1S/C19H21FN2O3S/c1-3-25-19(24)14-5-4-10-22(11-14)18(23)16-12(2)21-17(26-16)13-6-8-15(20)9-7-13/h6-9,14H,3-5,10-11H2,1-2H3. The van der Waals surface area contributed by atoms with E-state index in [-0.39, 0.29) is 23.6 Å². The highest BCUT2D eigenvalue weighted by atomic mass is 32.1. The molecule has 0 bridgehead atoms. The molecule has 7 heteroatoms. The third-order valence-corrected chi connectivity index (χ3v) is 5.61. The van der Waals surface area contributed by atoms with Gasteiger partial charge in [0.05, 0.1) is 18.2 Å². The van der Waals surface area contributed by atoms with Gasteiger partial charge in [0.2, 0.25) is 0 Å². The van der Waals surface area contributed by atoms with Crippen molar-refractivity contribution in [2.24, 2.45) is 5.92 Å². The van der Waals surface area contributed by atoms with Crippen molar-refractivity contribution >= 4 is 23.2 Å². The Morgan fingerprint density at radius 2 is 2.08 bits per heavy atom. The Hall–Kier alpha value is -2.28. The Bertz CT molecular complexity index is 804. The number of piperidine rings is 1. The Balaban J connectivity index is 1.77. The molecule has 1 aliphatic heterocycles. The normalized spacial score (nSPS) is 17.2. The zero-order valence-corrected chi connectivity index (χ0v) is 15.6. The number of nitrogens with zero attached hydrogens (tertiary/aromatic N) is 2. The molecule has 138 valence electrons. The quantitative estimate of drug-likeness (QED) is 0.764. The molecule has 0 saturated carbocycles. The summed E-state index contributed by atoms with van der Waals surface area (Å²) in [5.41, 5.74) is 1.43. The number of aryl methyl sites for hydroxylation is 1. The zero-order valence-electron chi connectivity index (χ0n) is 14.8. The van der Waals surface area contributed by atoms with Crippen LogP contribution in [0.3, 0.4) is 0 Å².